The van der Waals surface area contributed by atoms with Crippen LogP contribution in [0, 0.1) is 0 Å². The number of rotatable bonds is 5. The number of nitrogen functional groups attached to an aromatic ring is 1. The number of aliphatic hydroxyl groups is 1. The number of carbonyl (C=O) groups excluding carboxylic acids is 1. The summed E-state index contributed by atoms with van der Waals surface area (Å²) in [7, 11) is 0. The average molecular weight is 292 g/mol. The molecule has 0 bridgehead atoms. The van der Waals surface area contributed by atoms with E-state index in [1.165, 1.54) is 0 Å². The van der Waals surface area contributed by atoms with Gasteiger partial charge in [-0.3, -0.25) is 0 Å². The molecule has 0 spiro atoms. The quantitative estimate of drug-likeness (QED) is 0.569. The van der Waals surface area contributed by atoms with E-state index in [2.05, 4.69) is 5.32 Å². The van der Waals surface area contributed by atoms with E-state index in [1.54, 1.807) is 25.1 Å². The van der Waals surface area contributed by atoms with Gasteiger partial charge in [0.2, 0.25) is 0 Å². The Morgan fingerprint density at radius 3 is 3.00 bits per heavy atom. The van der Waals surface area contributed by atoms with Crippen LogP contribution < -0.4 is 11.1 Å². The summed E-state index contributed by atoms with van der Waals surface area (Å²) in [6, 6.07) is 5.50. The first-order valence-corrected chi connectivity index (χ1v) is 7.57. The summed E-state index contributed by atoms with van der Waals surface area (Å²) in [5.74, 6) is -0.327. The molecule has 1 aliphatic rings. The number of ether oxygens (including phenoxy) is 1. The SMILES string of the molecule is CCOC(=O)c1ccc(N)c(CNC2CCCC(O)C2)c1. The molecule has 2 rings (SSSR count). The predicted molar refractivity (Wildman–Crippen MR) is 81.9 cm³/mol. The molecule has 1 aliphatic carbocycles. The van der Waals surface area contributed by atoms with Crippen molar-refractivity contribution < 1.29 is 14.6 Å². The van der Waals surface area contributed by atoms with Crippen molar-refractivity contribution in [1.29, 1.82) is 0 Å². The standard InChI is InChI=1S/C16H24N2O3/c1-2-21-16(20)11-6-7-15(17)12(8-11)10-18-13-4-3-5-14(19)9-13/h6-8,13-14,18-19H,2-5,9-10,17H2,1H3. The number of benzene rings is 1. The lowest BCUT2D eigenvalue weighted by Gasteiger charge is -2.27. The van der Waals surface area contributed by atoms with Crippen LogP contribution in [0.3, 0.4) is 0 Å². The van der Waals surface area contributed by atoms with Crippen molar-refractivity contribution in [2.75, 3.05) is 12.3 Å². The number of hydrogen-bond donors (Lipinski definition) is 3. The van der Waals surface area contributed by atoms with Crippen molar-refractivity contribution in [1.82, 2.24) is 5.32 Å². The molecule has 0 aromatic heterocycles. The summed E-state index contributed by atoms with van der Waals surface area (Å²) in [5.41, 5.74) is 8.03. The van der Waals surface area contributed by atoms with Crippen LogP contribution >= 0.6 is 0 Å². The number of carbonyl (C=O) groups is 1. The zero-order valence-electron chi connectivity index (χ0n) is 12.5. The Labute approximate surface area is 125 Å². The Kier molecular flexibility index (Phi) is 5.59. The molecule has 116 valence electrons. The zero-order chi connectivity index (χ0) is 15.2. The van der Waals surface area contributed by atoms with Gasteiger partial charge in [0.05, 0.1) is 18.3 Å². The van der Waals surface area contributed by atoms with E-state index in [9.17, 15) is 9.90 Å². The maximum atomic E-state index is 11.7. The van der Waals surface area contributed by atoms with Crippen LogP contribution in [0.15, 0.2) is 18.2 Å². The van der Waals surface area contributed by atoms with E-state index < -0.39 is 0 Å². The van der Waals surface area contributed by atoms with Crippen LogP contribution in [0.5, 0.6) is 0 Å². The fourth-order valence-electron chi connectivity index (χ4n) is 2.70. The predicted octanol–water partition coefficient (Wildman–Crippen LogP) is 1.84. The minimum atomic E-state index is -0.327. The number of hydrogen-bond acceptors (Lipinski definition) is 5. The number of anilines is 1. The van der Waals surface area contributed by atoms with E-state index in [0.717, 1.165) is 31.2 Å². The fraction of sp³-hybridized carbons (Fsp3) is 0.562. The highest BCUT2D eigenvalue weighted by atomic mass is 16.5. The van der Waals surface area contributed by atoms with Gasteiger partial charge in [0, 0.05) is 18.3 Å². The second-order valence-electron chi connectivity index (χ2n) is 5.53. The first-order chi connectivity index (χ1) is 10.1. The molecule has 1 aromatic rings. The topological polar surface area (TPSA) is 84.6 Å². The normalized spacial score (nSPS) is 22.0. The summed E-state index contributed by atoms with van der Waals surface area (Å²) in [6.45, 7) is 2.74. The van der Waals surface area contributed by atoms with Gasteiger partial charge in [-0.25, -0.2) is 4.79 Å². The van der Waals surface area contributed by atoms with Gasteiger partial charge in [-0.15, -0.1) is 0 Å². The molecule has 0 heterocycles. The van der Waals surface area contributed by atoms with Crippen molar-refractivity contribution >= 4 is 11.7 Å². The lowest BCUT2D eigenvalue weighted by molar-refractivity contribution is 0.0526. The van der Waals surface area contributed by atoms with E-state index in [4.69, 9.17) is 10.5 Å². The van der Waals surface area contributed by atoms with E-state index in [1.807, 2.05) is 0 Å². The Balaban J connectivity index is 1.98. The third kappa shape index (κ3) is 4.44. The number of nitrogens with one attached hydrogen (secondary N) is 1. The molecule has 1 fully saturated rings. The average Bonchev–Trinajstić information content (AvgIpc) is 2.46. The molecule has 2 unspecified atom stereocenters. The van der Waals surface area contributed by atoms with Crippen molar-refractivity contribution in [2.45, 2.75) is 51.3 Å². The van der Waals surface area contributed by atoms with Crippen molar-refractivity contribution in [3.05, 3.63) is 29.3 Å². The minimum absolute atomic E-state index is 0.209. The third-order valence-electron chi connectivity index (χ3n) is 3.88. The van der Waals surface area contributed by atoms with Crippen molar-refractivity contribution in [2.24, 2.45) is 0 Å². The van der Waals surface area contributed by atoms with Crippen LogP contribution in [-0.2, 0) is 11.3 Å². The summed E-state index contributed by atoms with van der Waals surface area (Å²) in [5, 5.41) is 13.1. The van der Waals surface area contributed by atoms with Crippen molar-refractivity contribution in [3.63, 3.8) is 0 Å². The third-order valence-corrected chi connectivity index (χ3v) is 3.88. The Morgan fingerprint density at radius 2 is 2.29 bits per heavy atom. The smallest absolute Gasteiger partial charge is 0.338 e. The highest BCUT2D eigenvalue weighted by molar-refractivity contribution is 5.90. The summed E-state index contributed by atoms with van der Waals surface area (Å²) >= 11 is 0. The first kappa shape index (κ1) is 15.8. The molecule has 0 saturated heterocycles. The Morgan fingerprint density at radius 1 is 1.48 bits per heavy atom. The van der Waals surface area contributed by atoms with E-state index in [0.29, 0.717) is 30.4 Å². The molecule has 0 amide bonds. The van der Waals surface area contributed by atoms with Crippen LogP contribution in [0.4, 0.5) is 5.69 Å². The molecule has 5 heteroatoms. The molecule has 5 nitrogen and oxygen atoms in total. The summed E-state index contributed by atoms with van der Waals surface area (Å²) < 4.78 is 5.00. The van der Waals surface area contributed by atoms with E-state index >= 15 is 0 Å². The van der Waals surface area contributed by atoms with Crippen LogP contribution in [-0.4, -0.2) is 29.8 Å². The Bertz CT molecular complexity index is 490. The van der Waals surface area contributed by atoms with Gasteiger partial charge in [0.25, 0.3) is 0 Å². The van der Waals surface area contributed by atoms with E-state index in [-0.39, 0.29) is 12.1 Å². The molecule has 0 aliphatic heterocycles. The summed E-state index contributed by atoms with van der Waals surface area (Å²) in [6.07, 6.45) is 3.56. The second kappa shape index (κ2) is 7.43. The molecule has 0 radical (unpaired) electrons. The number of nitrogens with two attached hydrogens (primary N) is 1. The molecule has 2 atom stereocenters. The molecule has 1 aromatic carbocycles. The minimum Gasteiger partial charge on any atom is -0.462 e. The number of esters is 1. The largest absolute Gasteiger partial charge is 0.462 e. The van der Waals surface area contributed by atoms with Gasteiger partial charge in [-0.2, -0.15) is 0 Å². The molecule has 1 saturated carbocycles. The van der Waals surface area contributed by atoms with Gasteiger partial charge in [-0.1, -0.05) is 0 Å². The second-order valence-corrected chi connectivity index (χ2v) is 5.53. The molecule has 21 heavy (non-hydrogen) atoms. The summed E-state index contributed by atoms with van der Waals surface area (Å²) in [4.78, 5) is 11.7. The zero-order valence-corrected chi connectivity index (χ0v) is 12.5. The van der Waals surface area contributed by atoms with Gasteiger partial charge < -0.3 is 20.9 Å². The van der Waals surface area contributed by atoms with Gasteiger partial charge in [0.15, 0.2) is 0 Å². The molecular formula is C16H24N2O3. The van der Waals surface area contributed by atoms with Crippen LogP contribution in [0.2, 0.25) is 0 Å². The maximum Gasteiger partial charge on any atom is 0.338 e. The monoisotopic (exact) mass is 292 g/mol. The van der Waals surface area contributed by atoms with Crippen LogP contribution in [0.25, 0.3) is 0 Å². The Hall–Kier alpha value is -1.59. The lowest BCUT2D eigenvalue weighted by Crippen LogP contribution is -2.35. The van der Waals surface area contributed by atoms with Crippen molar-refractivity contribution in [3.8, 4) is 0 Å². The lowest BCUT2D eigenvalue weighted by atomic mass is 9.93. The van der Waals surface area contributed by atoms with Gasteiger partial charge in [-0.05, 0) is 56.4 Å². The number of aliphatic hydroxyl groups excluding tert-OH is 1. The van der Waals surface area contributed by atoms with Gasteiger partial charge >= 0.3 is 5.97 Å². The van der Waals surface area contributed by atoms with Gasteiger partial charge in [0.1, 0.15) is 0 Å². The maximum absolute atomic E-state index is 11.7. The van der Waals surface area contributed by atoms with Crippen LogP contribution in [0.1, 0.15) is 48.5 Å². The molecule has 4 N–H and O–H groups in total. The highest BCUT2D eigenvalue weighted by Gasteiger charge is 2.19. The fourth-order valence-corrected chi connectivity index (χ4v) is 2.70. The molecular weight excluding hydrogens is 268 g/mol. The highest BCUT2D eigenvalue weighted by Crippen LogP contribution is 2.20. The first-order valence-electron chi connectivity index (χ1n) is 7.57.